The molecule has 296 valence electrons. The Balaban J connectivity index is 2.23. The third-order valence-corrected chi connectivity index (χ3v) is 8.68. The number of likely N-dealkylation sites (N-methyl/N-ethyl adjacent to an activating group) is 1. The second-order valence-electron chi connectivity index (χ2n) is 15.7. The van der Waals surface area contributed by atoms with Crippen molar-refractivity contribution in [2.45, 2.75) is 97.7 Å². The Morgan fingerprint density at radius 2 is 1.57 bits per heavy atom. The van der Waals surface area contributed by atoms with Gasteiger partial charge in [0.2, 0.25) is 29.4 Å². The number of alkyl carbamates (subject to hydrolysis) is 1. The normalized spacial score (nSPS) is 17.6. The second-order valence-corrected chi connectivity index (χ2v) is 16.6. The minimum atomic E-state index is -1.30. The molecule has 0 aliphatic carbocycles. The van der Waals surface area contributed by atoms with Crippen molar-refractivity contribution in [2.75, 3.05) is 45.8 Å². The first-order valence-electron chi connectivity index (χ1n) is 17.6. The van der Waals surface area contributed by atoms with Crippen LogP contribution in [0, 0.1) is 11.3 Å². The van der Waals surface area contributed by atoms with E-state index in [1.54, 1.807) is 71.5 Å². The first-order valence-corrected chi connectivity index (χ1v) is 19.0. The number of ether oxygens (including phenoxy) is 2. The van der Waals surface area contributed by atoms with Crippen LogP contribution in [0.1, 0.15) is 73.4 Å². The van der Waals surface area contributed by atoms with Crippen LogP contribution in [0.25, 0.3) is 0 Å². The zero-order valence-electron chi connectivity index (χ0n) is 32.9. The van der Waals surface area contributed by atoms with Gasteiger partial charge in [0.15, 0.2) is 0 Å². The maximum atomic E-state index is 14.2. The fourth-order valence-corrected chi connectivity index (χ4v) is 6.09. The number of hydrogen-bond donors (Lipinski definition) is 4. The summed E-state index contributed by atoms with van der Waals surface area (Å²) < 4.78 is 11.4. The Bertz CT molecular complexity index is 1460. The van der Waals surface area contributed by atoms with Gasteiger partial charge < -0.3 is 40.5 Å². The highest BCUT2D eigenvalue weighted by atomic mass is 32.2. The van der Waals surface area contributed by atoms with E-state index in [0.717, 1.165) is 0 Å². The zero-order valence-corrected chi connectivity index (χ0v) is 33.7. The van der Waals surface area contributed by atoms with E-state index in [4.69, 9.17) is 9.47 Å². The standard InChI is InChI=1S/C37H58N6O9S/c1-22(2)20-51-35(50)41-30(36(3,4)5)34(49)43-19-24(52-37(6,7)8)17-26(43)31(46)39-25(21-53-11)29(45)32(47)38-18-27(44)40-28(33(48)42(9)10)23-15-13-12-14-16-23/h12-16,22,24-26,28,30H,17-21H2,1-11H3,(H,38,47)(H,39,46)(H,40,44)(H,41,50). The number of carbonyl (C=O) groups excluding carboxylic acids is 7. The summed E-state index contributed by atoms with van der Waals surface area (Å²) in [7, 11) is 3.10. The van der Waals surface area contributed by atoms with Crippen LogP contribution in [0.15, 0.2) is 30.3 Å². The molecule has 1 aliphatic rings. The number of likely N-dealkylation sites (tertiary alicyclic amines) is 1. The maximum Gasteiger partial charge on any atom is 0.407 e. The van der Waals surface area contributed by atoms with Crippen LogP contribution in [0.5, 0.6) is 0 Å². The molecule has 5 atom stereocenters. The summed E-state index contributed by atoms with van der Waals surface area (Å²) in [6, 6.07) is 4.11. The molecule has 53 heavy (non-hydrogen) atoms. The molecular formula is C37H58N6O9S. The molecule has 0 bridgehead atoms. The molecule has 1 aromatic carbocycles. The van der Waals surface area contributed by atoms with Crippen LogP contribution in [-0.2, 0) is 38.2 Å². The number of nitrogens with one attached hydrogen (secondary N) is 4. The predicted octanol–water partition coefficient (Wildman–Crippen LogP) is 2.05. The number of Topliss-reactive ketones (excluding diaryl/α,β-unsaturated/α-hetero) is 1. The highest BCUT2D eigenvalue weighted by Crippen LogP contribution is 2.29. The summed E-state index contributed by atoms with van der Waals surface area (Å²) in [6.07, 6.45) is 0.489. The zero-order chi connectivity index (χ0) is 40.3. The fourth-order valence-electron chi connectivity index (χ4n) is 5.52. The number of benzene rings is 1. The Hall–Kier alpha value is -4.18. The van der Waals surface area contributed by atoms with Crippen molar-refractivity contribution < 1.29 is 43.0 Å². The molecule has 1 heterocycles. The number of thioether (sulfide) groups is 1. The monoisotopic (exact) mass is 762 g/mol. The molecule has 1 aromatic rings. The largest absolute Gasteiger partial charge is 0.449 e. The average Bonchev–Trinajstić information content (AvgIpc) is 3.48. The van der Waals surface area contributed by atoms with Gasteiger partial charge in [0.05, 0.1) is 24.9 Å². The maximum absolute atomic E-state index is 14.2. The van der Waals surface area contributed by atoms with E-state index >= 15 is 0 Å². The summed E-state index contributed by atoms with van der Waals surface area (Å²) in [5.74, 6) is -4.32. The molecule has 1 aliphatic heterocycles. The van der Waals surface area contributed by atoms with Crippen molar-refractivity contribution in [1.82, 2.24) is 31.1 Å². The van der Waals surface area contributed by atoms with Crippen LogP contribution >= 0.6 is 11.8 Å². The van der Waals surface area contributed by atoms with E-state index in [2.05, 4.69) is 21.3 Å². The first kappa shape index (κ1) is 45.0. The molecule has 1 fully saturated rings. The summed E-state index contributed by atoms with van der Waals surface area (Å²) in [6.45, 7) is 14.3. The Kier molecular flexibility index (Phi) is 16.8. The number of hydrogen-bond acceptors (Lipinski definition) is 10. The number of ketones is 1. The van der Waals surface area contributed by atoms with Crippen molar-refractivity contribution in [1.29, 1.82) is 0 Å². The van der Waals surface area contributed by atoms with Crippen molar-refractivity contribution in [2.24, 2.45) is 11.3 Å². The van der Waals surface area contributed by atoms with Gasteiger partial charge >= 0.3 is 6.09 Å². The second kappa shape index (κ2) is 19.8. The third kappa shape index (κ3) is 14.3. The van der Waals surface area contributed by atoms with Crippen molar-refractivity contribution in [3.05, 3.63) is 35.9 Å². The van der Waals surface area contributed by atoms with E-state index in [1.165, 1.54) is 21.6 Å². The van der Waals surface area contributed by atoms with Gasteiger partial charge in [-0.2, -0.15) is 11.8 Å². The first-order chi connectivity index (χ1) is 24.5. The van der Waals surface area contributed by atoms with Crippen LogP contribution in [0.2, 0.25) is 0 Å². The van der Waals surface area contributed by atoms with Crippen LogP contribution < -0.4 is 21.3 Å². The van der Waals surface area contributed by atoms with Gasteiger partial charge in [0.25, 0.3) is 5.91 Å². The smallest absolute Gasteiger partial charge is 0.407 e. The molecular weight excluding hydrogens is 705 g/mol. The van der Waals surface area contributed by atoms with Gasteiger partial charge in [0.1, 0.15) is 24.2 Å². The third-order valence-electron chi connectivity index (χ3n) is 8.02. The van der Waals surface area contributed by atoms with E-state index in [1.807, 2.05) is 34.6 Å². The number of rotatable bonds is 16. The van der Waals surface area contributed by atoms with E-state index < -0.39 is 83.3 Å². The van der Waals surface area contributed by atoms with E-state index in [9.17, 15) is 33.6 Å². The minimum absolute atomic E-state index is 0.0219. The molecule has 6 amide bonds. The number of carbonyl (C=O) groups is 7. The summed E-state index contributed by atoms with van der Waals surface area (Å²) in [4.78, 5) is 95.5. The lowest BCUT2D eigenvalue weighted by atomic mass is 9.85. The topological polar surface area (TPSA) is 193 Å². The molecule has 0 spiro atoms. The Morgan fingerprint density at radius 3 is 2.09 bits per heavy atom. The van der Waals surface area contributed by atoms with Crippen molar-refractivity contribution >= 4 is 53.2 Å². The number of nitrogens with zero attached hydrogens (tertiary/aromatic N) is 2. The molecule has 16 heteroatoms. The van der Waals surface area contributed by atoms with Gasteiger partial charge in [-0.1, -0.05) is 65.0 Å². The quantitative estimate of drug-likeness (QED) is 0.181. The molecule has 2 rings (SSSR count). The Morgan fingerprint density at radius 1 is 0.943 bits per heavy atom. The fraction of sp³-hybridized carbons (Fsp3) is 0.649. The van der Waals surface area contributed by atoms with Gasteiger partial charge in [0, 0.05) is 32.8 Å². The van der Waals surface area contributed by atoms with Gasteiger partial charge in [-0.3, -0.25) is 28.8 Å². The van der Waals surface area contributed by atoms with Crippen LogP contribution in [0.4, 0.5) is 4.79 Å². The average molecular weight is 763 g/mol. The molecule has 4 N–H and O–H groups in total. The molecule has 15 nitrogen and oxygen atoms in total. The lowest BCUT2D eigenvalue weighted by Crippen LogP contribution is -2.59. The molecule has 5 unspecified atom stereocenters. The highest BCUT2D eigenvalue weighted by molar-refractivity contribution is 7.98. The van der Waals surface area contributed by atoms with Gasteiger partial charge in [-0.25, -0.2) is 4.79 Å². The van der Waals surface area contributed by atoms with Crippen LogP contribution in [0.3, 0.4) is 0 Å². The SMILES string of the molecule is CSCC(NC(=O)C1CC(OC(C)(C)C)CN1C(=O)C(NC(=O)OCC(C)C)C(C)(C)C)C(=O)C(=O)NCC(=O)NC(C(=O)N(C)C)c1ccccc1. The minimum Gasteiger partial charge on any atom is -0.449 e. The van der Waals surface area contributed by atoms with Crippen LogP contribution in [-0.4, -0.2) is 127 Å². The molecule has 0 saturated carbocycles. The van der Waals surface area contributed by atoms with Gasteiger partial charge in [-0.05, 0) is 43.9 Å². The summed E-state index contributed by atoms with van der Waals surface area (Å²) in [5.41, 5.74) is -0.842. The molecule has 0 radical (unpaired) electrons. The summed E-state index contributed by atoms with van der Waals surface area (Å²) >= 11 is 1.21. The van der Waals surface area contributed by atoms with Gasteiger partial charge in [-0.15, -0.1) is 0 Å². The Labute approximate surface area is 317 Å². The molecule has 1 saturated heterocycles. The lowest BCUT2D eigenvalue weighted by Gasteiger charge is -2.35. The van der Waals surface area contributed by atoms with E-state index in [-0.39, 0.29) is 37.2 Å². The van der Waals surface area contributed by atoms with Crippen molar-refractivity contribution in [3.8, 4) is 0 Å². The lowest BCUT2D eigenvalue weighted by molar-refractivity contribution is -0.144. The summed E-state index contributed by atoms with van der Waals surface area (Å²) in [5, 5.41) is 10.2. The molecule has 0 aromatic heterocycles. The van der Waals surface area contributed by atoms with E-state index in [0.29, 0.717) is 5.56 Å². The number of amides is 6. The van der Waals surface area contributed by atoms with Crippen molar-refractivity contribution in [3.63, 3.8) is 0 Å². The predicted molar refractivity (Wildman–Crippen MR) is 202 cm³/mol. The highest BCUT2D eigenvalue weighted by Gasteiger charge is 2.47.